The molecule has 1 saturated heterocycles. The molecule has 2 atom stereocenters. The molecule has 11 heteroatoms. The first kappa shape index (κ1) is 26.1. The van der Waals surface area contributed by atoms with Gasteiger partial charge >= 0.3 is 0 Å². The predicted octanol–water partition coefficient (Wildman–Crippen LogP) is 4.46. The Labute approximate surface area is 225 Å². The van der Waals surface area contributed by atoms with Crippen molar-refractivity contribution in [2.24, 2.45) is 0 Å². The first-order valence-corrected chi connectivity index (χ1v) is 13.5. The zero-order valence-electron chi connectivity index (χ0n) is 22.1. The fourth-order valence-electron chi connectivity index (χ4n) is 4.61. The van der Waals surface area contributed by atoms with Crippen molar-refractivity contribution in [1.29, 1.82) is 0 Å². The number of fused-ring (bicyclic) bond motifs is 1. The van der Waals surface area contributed by atoms with Crippen molar-refractivity contribution in [3.8, 4) is 5.13 Å². The number of likely N-dealkylation sites (tertiary alicyclic amines) is 1. The summed E-state index contributed by atoms with van der Waals surface area (Å²) in [6.07, 6.45) is 5.23. The van der Waals surface area contributed by atoms with E-state index in [1.807, 2.05) is 47.1 Å². The van der Waals surface area contributed by atoms with Gasteiger partial charge in [0.25, 0.3) is 5.91 Å². The second-order valence-corrected chi connectivity index (χ2v) is 11.7. The van der Waals surface area contributed by atoms with Gasteiger partial charge in [0.15, 0.2) is 0 Å². The summed E-state index contributed by atoms with van der Waals surface area (Å²) in [5, 5.41) is 21.8. The summed E-state index contributed by atoms with van der Waals surface area (Å²) in [6.45, 7) is 11.7. The number of alkyl halides is 1. The standard InChI is InChI=1S/C27H33FN8OS/c1-6-22-18-8-7-9-21(30-20-11-12-34(5)16-19(20)28)24(18)33-36(22)26-32-31-23(38-26)14-29-25(37)17-10-13-35(15-17)27(2,3)4/h6-10,13,15,19-20,30H,1,11-12,14,16H2,2-5H3,(H,29,37)/t19-,20+/m0/s1. The van der Waals surface area contributed by atoms with Crippen LogP contribution in [0.25, 0.3) is 22.1 Å². The highest BCUT2D eigenvalue weighted by atomic mass is 32.1. The molecule has 200 valence electrons. The molecule has 0 saturated carbocycles. The molecule has 1 amide bonds. The van der Waals surface area contributed by atoms with Crippen LogP contribution in [0.15, 0.2) is 43.2 Å². The maximum Gasteiger partial charge on any atom is 0.253 e. The van der Waals surface area contributed by atoms with Crippen molar-refractivity contribution in [1.82, 2.24) is 34.8 Å². The number of amides is 1. The number of piperidine rings is 1. The number of hydrogen-bond acceptors (Lipinski definition) is 7. The van der Waals surface area contributed by atoms with E-state index in [1.165, 1.54) is 11.3 Å². The molecule has 1 aromatic carbocycles. The van der Waals surface area contributed by atoms with Crippen LogP contribution in [-0.2, 0) is 12.1 Å². The smallest absolute Gasteiger partial charge is 0.253 e. The van der Waals surface area contributed by atoms with Crippen LogP contribution in [0.5, 0.6) is 0 Å². The van der Waals surface area contributed by atoms with E-state index in [1.54, 1.807) is 16.8 Å². The average Bonchev–Trinajstić information content (AvgIpc) is 3.62. The van der Waals surface area contributed by atoms with Gasteiger partial charge in [-0.1, -0.05) is 30.0 Å². The molecular weight excluding hydrogens is 503 g/mol. The summed E-state index contributed by atoms with van der Waals surface area (Å²) in [5.74, 6) is -0.169. The van der Waals surface area contributed by atoms with Crippen LogP contribution in [0.3, 0.4) is 0 Å². The first-order valence-electron chi connectivity index (χ1n) is 12.7. The summed E-state index contributed by atoms with van der Waals surface area (Å²) in [6, 6.07) is 7.35. The summed E-state index contributed by atoms with van der Waals surface area (Å²) in [7, 11) is 1.94. The van der Waals surface area contributed by atoms with Crippen LogP contribution in [-0.4, -0.2) is 67.7 Å². The van der Waals surface area contributed by atoms with Gasteiger partial charge in [0.2, 0.25) is 5.13 Å². The van der Waals surface area contributed by atoms with Crippen LogP contribution >= 0.6 is 11.3 Å². The van der Waals surface area contributed by atoms with Gasteiger partial charge in [-0.3, -0.25) is 4.79 Å². The van der Waals surface area contributed by atoms with E-state index in [0.29, 0.717) is 22.2 Å². The molecular formula is C27H33FN8OS. The number of aromatic nitrogens is 5. The topological polar surface area (TPSA) is 92.9 Å². The zero-order valence-corrected chi connectivity index (χ0v) is 22.9. The quantitative estimate of drug-likeness (QED) is 0.362. The van der Waals surface area contributed by atoms with Crippen molar-refractivity contribution in [2.45, 2.75) is 51.5 Å². The zero-order chi connectivity index (χ0) is 27.0. The number of rotatable bonds is 7. The molecule has 0 bridgehead atoms. The van der Waals surface area contributed by atoms with Crippen molar-refractivity contribution in [2.75, 3.05) is 25.5 Å². The largest absolute Gasteiger partial charge is 0.377 e. The Balaban J connectivity index is 1.34. The van der Waals surface area contributed by atoms with Gasteiger partial charge in [0.1, 0.15) is 16.7 Å². The van der Waals surface area contributed by atoms with Crippen LogP contribution < -0.4 is 10.6 Å². The van der Waals surface area contributed by atoms with Crippen molar-refractivity contribution in [3.63, 3.8) is 0 Å². The minimum Gasteiger partial charge on any atom is -0.377 e. The Hall–Kier alpha value is -3.57. The minimum atomic E-state index is -0.960. The number of halogens is 1. The average molecular weight is 537 g/mol. The number of nitrogens with one attached hydrogen (secondary N) is 2. The van der Waals surface area contributed by atoms with Gasteiger partial charge in [-0.15, -0.1) is 10.2 Å². The minimum absolute atomic E-state index is 0.0983. The highest BCUT2D eigenvalue weighted by Gasteiger charge is 2.28. The normalized spacial score (nSPS) is 18.6. The molecule has 9 nitrogen and oxygen atoms in total. The lowest BCUT2D eigenvalue weighted by atomic mass is 10.0. The van der Waals surface area contributed by atoms with E-state index in [4.69, 9.17) is 5.10 Å². The maximum absolute atomic E-state index is 14.7. The Morgan fingerprint density at radius 1 is 1.29 bits per heavy atom. The Bertz CT molecular complexity index is 1470. The van der Waals surface area contributed by atoms with Crippen molar-refractivity contribution in [3.05, 3.63) is 59.5 Å². The fourth-order valence-corrected chi connectivity index (χ4v) is 5.36. The SMILES string of the molecule is C=Cc1c2cccc(N[C@@H]3CCN(C)C[C@@H]3F)c2nn1-c1nnc(CNC(=O)c2ccn(C(C)(C)C)c2)s1. The van der Waals surface area contributed by atoms with E-state index in [-0.39, 0.29) is 24.0 Å². The van der Waals surface area contributed by atoms with E-state index in [9.17, 15) is 9.18 Å². The fraction of sp³-hybridized carbons (Fsp3) is 0.407. The summed E-state index contributed by atoms with van der Waals surface area (Å²) < 4.78 is 18.4. The third-order valence-corrected chi connectivity index (χ3v) is 7.68. The lowest BCUT2D eigenvalue weighted by molar-refractivity contribution is 0.0950. The Morgan fingerprint density at radius 3 is 2.82 bits per heavy atom. The second-order valence-electron chi connectivity index (χ2n) is 10.7. The van der Waals surface area contributed by atoms with Crippen LogP contribution in [0.2, 0.25) is 0 Å². The molecule has 0 radical (unpaired) electrons. The number of carbonyl (C=O) groups excluding carboxylic acids is 1. The van der Waals surface area contributed by atoms with Gasteiger partial charge in [-0.25, -0.2) is 9.07 Å². The molecule has 1 aliphatic heterocycles. The van der Waals surface area contributed by atoms with E-state index < -0.39 is 6.17 Å². The molecule has 0 aliphatic carbocycles. The van der Waals surface area contributed by atoms with Crippen LogP contribution in [0, 0.1) is 0 Å². The van der Waals surface area contributed by atoms with Gasteiger partial charge in [-0.2, -0.15) is 5.10 Å². The van der Waals surface area contributed by atoms with Crippen LogP contribution in [0.1, 0.15) is 48.3 Å². The highest BCUT2D eigenvalue weighted by molar-refractivity contribution is 7.13. The van der Waals surface area contributed by atoms with Gasteiger partial charge in [0.05, 0.1) is 29.5 Å². The van der Waals surface area contributed by atoms with Gasteiger partial charge in [-0.05, 0) is 52.4 Å². The van der Waals surface area contributed by atoms with Crippen molar-refractivity contribution >= 4 is 39.9 Å². The molecule has 5 rings (SSSR count). The molecule has 4 heterocycles. The molecule has 0 spiro atoms. The van der Waals surface area contributed by atoms with E-state index in [2.05, 4.69) is 48.2 Å². The summed E-state index contributed by atoms with van der Waals surface area (Å²) in [5.41, 5.74) is 2.78. The lowest BCUT2D eigenvalue weighted by Gasteiger charge is -2.33. The monoisotopic (exact) mass is 536 g/mol. The number of carbonyl (C=O) groups is 1. The molecule has 1 fully saturated rings. The molecule has 38 heavy (non-hydrogen) atoms. The number of nitrogens with zero attached hydrogens (tertiary/aromatic N) is 6. The third kappa shape index (κ3) is 5.21. The van der Waals surface area contributed by atoms with Gasteiger partial charge in [0, 0.05) is 36.4 Å². The van der Waals surface area contributed by atoms with E-state index >= 15 is 0 Å². The highest BCUT2D eigenvalue weighted by Crippen LogP contribution is 2.31. The lowest BCUT2D eigenvalue weighted by Crippen LogP contribution is -2.46. The molecule has 1 aliphatic rings. The molecule has 3 aromatic heterocycles. The Kier molecular flexibility index (Phi) is 7.06. The predicted molar refractivity (Wildman–Crippen MR) is 150 cm³/mol. The number of benzene rings is 1. The Morgan fingerprint density at radius 2 is 2.11 bits per heavy atom. The van der Waals surface area contributed by atoms with Crippen molar-refractivity contribution < 1.29 is 9.18 Å². The third-order valence-electron chi connectivity index (χ3n) is 6.79. The van der Waals surface area contributed by atoms with E-state index in [0.717, 1.165) is 35.2 Å². The number of hydrogen-bond donors (Lipinski definition) is 2. The van der Waals surface area contributed by atoms with Crippen LogP contribution in [0.4, 0.5) is 10.1 Å². The second kappa shape index (κ2) is 10.3. The number of anilines is 1. The first-order chi connectivity index (χ1) is 18.1. The molecule has 4 aromatic rings. The summed E-state index contributed by atoms with van der Waals surface area (Å²) in [4.78, 5) is 14.7. The summed E-state index contributed by atoms with van der Waals surface area (Å²) >= 11 is 1.34. The maximum atomic E-state index is 14.7. The van der Waals surface area contributed by atoms with Gasteiger partial charge < -0.3 is 20.1 Å². The molecule has 2 N–H and O–H groups in total. The molecule has 0 unspecified atom stereocenters.